The SMILES string of the molecule is O=C(C[N+]12CCCN(CNCNC1)C2)c1ccc2c(c1)CCCC2. The first-order chi connectivity index (χ1) is 11.7. The largest absolute Gasteiger partial charge is 0.292 e. The average molecular weight is 329 g/mol. The molecule has 2 bridgehead atoms. The van der Waals surface area contributed by atoms with Crippen molar-refractivity contribution in [2.24, 2.45) is 0 Å². The van der Waals surface area contributed by atoms with Gasteiger partial charge in [-0.25, -0.2) is 4.90 Å². The van der Waals surface area contributed by atoms with Gasteiger partial charge < -0.3 is 0 Å². The molecule has 2 unspecified atom stereocenters. The number of carbonyl (C=O) groups excluding carboxylic acids is 1. The van der Waals surface area contributed by atoms with Crippen LogP contribution < -0.4 is 10.6 Å². The van der Waals surface area contributed by atoms with Gasteiger partial charge in [-0.05, 0) is 42.9 Å². The lowest BCUT2D eigenvalue weighted by Crippen LogP contribution is -2.67. The second kappa shape index (κ2) is 6.92. The number of aryl methyl sites for hydroxylation is 2. The van der Waals surface area contributed by atoms with E-state index in [9.17, 15) is 4.79 Å². The second-order valence-corrected chi connectivity index (χ2v) is 7.72. The molecular formula is C19H29N4O+. The zero-order valence-electron chi connectivity index (χ0n) is 14.5. The summed E-state index contributed by atoms with van der Waals surface area (Å²) in [6.07, 6.45) is 6.03. The van der Waals surface area contributed by atoms with E-state index in [1.807, 2.05) is 0 Å². The van der Waals surface area contributed by atoms with Gasteiger partial charge in [-0.2, -0.15) is 0 Å². The average Bonchev–Trinajstić information content (AvgIpc) is 2.60. The predicted molar refractivity (Wildman–Crippen MR) is 94.5 cm³/mol. The number of hydrogen-bond donors (Lipinski definition) is 2. The first-order valence-electron chi connectivity index (χ1n) is 9.38. The molecule has 4 rings (SSSR count). The van der Waals surface area contributed by atoms with Crippen molar-refractivity contribution in [3.63, 3.8) is 0 Å². The van der Waals surface area contributed by atoms with Gasteiger partial charge in [0.1, 0.15) is 19.9 Å². The summed E-state index contributed by atoms with van der Waals surface area (Å²) in [4.78, 5) is 15.5. The van der Waals surface area contributed by atoms with E-state index >= 15 is 0 Å². The zero-order valence-corrected chi connectivity index (χ0v) is 14.5. The van der Waals surface area contributed by atoms with Crippen LogP contribution in [0.25, 0.3) is 0 Å². The minimum atomic E-state index is 0.306. The first-order valence-corrected chi connectivity index (χ1v) is 9.38. The van der Waals surface area contributed by atoms with Crippen LogP contribution in [0.1, 0.15) is 40.7 Å². The van der Waals surface area contributed by atoms with Crippen LogP contribution in [-0.2, 0) is 12.8 Å². The molecule has 0 amide bonds. The quantitative estimate of drug-likeness (QED) is 0.648. The van der Waals surface area contributed by atoms with Crippen LogP contribution in [-0.4, -0.2) is 61.5 Å². The maximum absolute atomic E-state index is 13.0. The fourth-order valence-electron chi connectivity index (χ4n) is 4.54. The molecule has 2 fully saturated rings. The Morgan fingerprint density at radius 3 is 2.92 bits per heavy atom. The van der Waals surface area contributed by atoms with Gasteiger partial charge in [0.25, 0.3) is 0 Å². The predicted octanol–water partition coefficient (Wildman–Crippen LogP) is 1.29. The summed E-state index contributed by atoms with van der Waals surface area (Å²) < 4.78 is 0.859. The van der Waals surface area contributed by atoms with E-state index in [1.54, 1.807) is 0 Å². The molecule has 1 aromatic rings. The Balaban J connectivity index is 1.51. The zero-order chi connectivity index (χ0) is 16.4. The molecule has 24 heavy (non-hydrogen) atoms. The Kier molecular flexibility index (Phi) is 4.68. The van der Waals surface area contributed by atoms with E-state index in [0.29, 0.717) is 12.3 Å². The normalized spacial score (nSPS) is 30.1. The van der Waals surface area contributed by atoms with Crippen LogP contribution in [0.2, 0.25) is 0 Å². The minimum absolute atomic E-state index is 0.306. The molecule has 2 atom stereocenters. The van der Waals surface area contributed by atoms with Gasteiger partial charge in [0.2, 0.25) is 5.78 Å². The van der Waals surface area contributed by atoms with Gasteiger partial charge in [0.05, 0.1) is 19.9 Å². The van der Waals surface area contributed by atoms with Gasteiger partial charge in [-0.1, -0.05) is 12.1 Å². The van der Waals surface area contributed by atoms with Gasteiger partial charge >= 0.3 is 0 Å². The molecular weight excluding hydrogens is 300 g/mol. The summed E-state index contributed by atoms with van der Waals surface area (Å²) >= 11 is 0. The van der Waals surface area contributed by atoms with Gasteiger partial charge in [0, 0.05) is 18.5 Å². The first kappa shape index (κ1) is 16.2. The molecule has 1 aromatic carbocycles. The molecule has 5 nitrogen and oxygen atoms in total. The van der Waals surface area contributed by atoms with Gasteiger partial charge in [-0.3, -0.25) is 19.9 Å². The van der Waals surface area contributed by atoms with E-state index in [1.165, 1.54) is 36.8 Å². The lowest BCUT2D eigenvalue weighted by molar-refractivity contribution is -0.938. The highest BCUT2D eigenvalue weighted by Gasteiger charge is 2.36. The molecule has 3 aliphatic rings. The third kappa shape index (κ3) is 3.40. The Bertz CT molecular complexity index is 617. The summed E-state index contributed by atoms with van der Waals surface area (Å²) in [5, 5.41) is 6.87. The number of rotatable bonds is 3. The van der Waals surface area contributed by atoms with Gasteiger partial charge in [-0.15, -0.1) is 0 Å². The molecule has 0 spiro atoms. The third-order valence-electron chi connectivity index (χ3n) is 5.79. The maximum Gasteiger partial charge on any atom is 0.217 e. The number of Topliss-reactive ketones (excluding diaryl/α,β-unsaturated/α-hetero) is 1. The van der Waals surface area contributed by atoms with Crippen molar-refractivity contribution in [1.82, 2.24) is 15.5 Å². The van der Waals surface area contributed by atoms with Crippen LogP contribution in [0.5, 0.6) is 0 Å². The number of quaternary nitrogens is 1. The molecule has 0 aromatic heterocycles. The van der Waals surface area contributed by atoms with Crippen LogP contribution >= 0.6 is 0 Å². The Morgan fingerprint density at radius 1 is 1.12 bits per heavy atom. The Morgan fingerprint density at radius 2 is 2.00 bits per heavy atom. The molecule has 1 aliphatic carbocycles. The lowest BCUT2D eigenvalue weighted by Gasteiger charge is -2.46. The third-order valence-corrected chi connectivity index (χ3v) is 5.79. The molecule has 2 N–H and O–H groups in total. The summed E-state index contributed by atoms with van der Waals surface area (Å²) in [6, 6.07) is 6.43. The fourth-order valence-corrected chi connectivity index (χ4v) is 4.54. The summed E-state index contributed by atoms with van der Waals surface area (Å²) in [5.74, 6) is 0.306. The van der Waals surface area contributed by atoms with E-state index in [2.05, 4.69) is 33.7 Å². The van der Waals surface area contributed by atoms with Crippen molar-refractivity contribution in [1.29, 1.82) is 0 Å². The number of fused-ring (bicyclic) bond motifs is 3. The minimum Gasteiger partial charge on any atom is -0.292 e. The standard InChI is InChI=1S/C19H29N4O/c24-19(18-7-6-16-4-1-2-5-17(16)10-18)11-23-9-3-8-22(15-23)13-20-12-21-14-23/h6-7,10,20-21H,1-5,8-9,11-15H2/q+1. The van der Waals surface area contributed by atoms with Crippen LogP contribution in [0.3, 0.4) is 0 Å². The van der Waals surface area contributed by atoms with Crippen molar-refractivity contribution in [3.8, 4) is 0 Å². The van der Waals surface area contributed by atoms with E-state index < -0.39 is 0 Å². The maximum atomic E-state index is 13.0. The molecule has 2 saturated heterocycles. The smallest absolute Gasteiger partial charge is 0.217 e. The van der Waals surface area contributed by atoms with Crippen LogP contribution in [0.4, 0.5) is 0 Å². The number of nitrogens with one attached hydrogen (secondary N) is 2. The highest BCUT2D eigenvalue weighted by Crippen LogP contribution is 2.24. The number of nitrogens with zero attached hydrogens (tertiary/aromatic N) is 2. The van der Waals surface area contributed by atoms with Crippen molar-refractivity contribution >= 4 is 5.78 Å². The highest BCUT2D eigenvalue weighted by molar-refractivity contribution is 5.97. The van der Waals surface area contributed by atoms with Crippen LogP contribution in [0, 0.1) is 0 Å². The molecule has 0 radical (unpaired) electrons. The highest BCUT2D eigenvalue weighted by atomic mass is 16.1. The molecule has 2 aliphatic heterocycles. The topological polar surface area (TPSA) is 44.4 Å². The van der Waals surface area contributed by atoms with Crippen molar-refractivity contribution < 1.29 is 9.28 Å². The Hall–Kier alpha value is -1.27. The van der Waals surface area contributed by atoms with Crippen molar-refractivity contribution in [2.45, 2.75) is 32.1 Å². The molecule has 0 saturated carbocycles. The second-order valence-electron chi connectivity index (χ2n) is 7.72. The lowest BCUT2D eigenvalue weighted by atomic mass is 9.89. The number of carbonyl (C=O) groups is 1. The fraction of sp³-hybridized carbons (Fsp3) is 0.632. The summed E-state index contributed by atoms with van der Waals surface area (Å²) in [5.41, 5.74) is 3.77. The van der Waals surface area contributed by atoms with E-state index in [4.69, 9.17) is 0 Å². The number of benzene rings is 1. The Labute approximate surface area is 144 Å². The molecule has 5 heteroatoms. The number of ketones is 1. The molecule has 130 valence electrons. The number of hydrogen-bond acceptors (Lipinski definition) is 4. The summed E-state index contributed by atoms with van der Waals surface area (Å²) in [7, 11) is 0. The van der Waals surface area contributed by atoms with Gasteiger partial charge in [0.15, 0.2) is 0 Å². The van der Waals surface area contributed by atoms with Crippen LogP contribution in [0.15, 0.2) is 18.2 Å². The van der Waals surface area contributed by atoms with Crippen molar-refractivity contribution in [2.75, 3.05) is 46.3 Å². The molecule has 2 heterocycles. The monoisotopic (exact) mass is 329 g/mol. The summed E-state index contributed by atoms with van der Waals surface area (Å²) in [6.45, 7) is 6.43. The van der Waals surface area contributed by atoms with E-state index in [0.717, 1.165) is 56.2 Å². The van der Waals surface area contributed by atoms with Crippen molar-refractivity contribution in [3.05, 3.63) is 34.9 Å². The van der Waals surface area contributed by atoms with E-state index in [-0.39, 0.29) is 0 Å².